The fourth-order valence-corrected chi connectivity index (χ4v) is 3.18. The molecular weight excluding hydrogens is 184 g/mol. The van der Waals surface area contributed by atoms with Crippen LogP contribution in [0.5, 0.6) is 0 Å². The summed E-state index contributed by atoms with van der Waals surface area (Å²) in [6.07, 6.45) is 9.73. The maximum Gasteiger partial charge on any atom is 0.0122 e. The van der Waals surface area contributed by atoms with Gasteiger partial charge in [-0.05, 0) is 45.7 Å². The van der Waals surface area contributed by atoms with Gasteiger partial charge in [0.1, 0.15) is 0 Å². The highest BCUT2D eigenvalue weighted by molar-refractivity contribution is 4.95. The molecule has 2 rings (SSSR count). The van der Waals surface area contributed by atoms with E-state index in [9.17, 15) is 0 Å². The van der Waals surface area contributed by atoms with Crippen LogP contribution in [0.2, 0.25) is 0 Å². The van der Waals surface area contributed by atoms with Crippen LogP contribution in [-0.2, 0) is 0 Å². The van der Waals surface area contributed by atoms with E-state index in [1.807, 2.05) is 0 Å². The van der Waals surface area contributed by atoms with Crippen molar-refractivity contribution in [2.45, 2.75) is 70.0 Å². The summed E-state index contributed by atoms with van der Waals surface area (Å²) in [7, 11) is 2.32. The fourth-order valence-electron chi connectivity index (χ4n) is 3.18. The van der Waals surface area contributed by atoms with Gasteiger partial charge in [-0.15, -0.1) is 0 Å². The number of fused-ring (bicyclic) bond motifs is 2. The van der Waals surface area contributed by atoms with Gasteiger partial charge in [-0.3, -0.25) is 0 Å². The van der Waals surface area contributed by atoms with Gasteiger partial charge in [0.25, 0.3) is 0 Å². The van der Waals surface area contributed by atoms with Gasteiger partial charge < -0.3 is 10.2 Å². The van der Waals surface area contributed by atoms with Crippen LogP contribution in [-0.4, -0.2) is 36.6 Å². The average Bonchev–Trinajstić information content (AvgIpc) is 2.58. The largest absolute Gasteiger partial charge is 0.311 e. The molecule has 2 heteroatoms. The standard InChI is InChI=1S/C13H26N2/c1-3-4-5-8-15(2)13-9-11-6-7-12(10-13)14-11/h11-14H,3-10H2,1-2H3. The molecule has 88 valence electrons. The molecule has 1 N–H and O–H groups in total. The van der Waals surface area contributed by atoms with Gasteiger partial charge in [0.05, 0.1) is 0 Å². The van der Waals surface area contributed by atoms with E-state index < -0.39 is 0 Å². The first-order chi connectivity index (χ1) is 7.29. The molecule has 2 nitrogen and oxygen atoms in total. The highest BCUT2D eigenvalue weighted by atomic mass is 15.2. The average molecular weight is 210 g/mol. The lowest BCUT2D eigenvalue weighted by Crippen LogP contribution is -2.47. The molecule has 0 spiro atoms. The molecule has 0 radical (unpaired) electrons. The van der Waals surface area contributed by atoms with Gasteiger partial charge in [-0.2, -0.15) is 0 Å². The van der Waals surface area contributed by atoms with Crippen molar-refractivity contribution < 1.29 is 0 Å². The van der Waals surface area contributed by atoms with Crippen molar-refractivity contribution in [3.8, 4) is 0 Å². The molecule has 2 atom stereocenters. The van der Waals surface area contributed by atoms with Crippen molar-refractivity contribution in [2.75, 3.05) is 13.6 Å². The van der Waals surface area contributed by atoms with E-state index >= 15 is 0 Å². The Hall–Kier alpha value is -0.0800. The molecule has 0 aromatic carbocycles. The van der Waals surface area contributed by atoms with Crippen molar-refractivity contribution in [1.29, 1.82) is 0 Å². The molecule has 0 saturated carbocycles. The second-order valence-corrected chi connectivity index (χ2v) is 5.45. The number of unbranched alkanes of at least 4 members (excludes halogenated alkanes) is 2. The highest BCUT2D eigenvalue weighted by Gasteiger charge is 2.34. The number of rotatable bonds is 5. The third-order valence-electron chi connectivity index (χ3n) is 4.19. The van der Waals surface area contributed by atoms with Gasteiger partial charge in [0.15, 0.2) is 0 Å². The Bertz CT molecular complexity index is 181. The van der Waals surface area contributed by atoms with E-state index in [0.717, 1.165) is 18.1 Å². The first-order valence-electron chi connectivity index (χ1n) is 6.76. The van der Waals surface area contributed by atoms with Gasteiger partial charge in [0.2, 0.25) is 0 Å². The minimum absolute atomic E-state index is 0.836. The first-order valence-corrected chi connectivity index (χ1v) is 6.76. The SMILES string of the molecule is CCCCCN(C)C1CC2CCC(C1)N2. The van der Waals surface area contributed by atoms with E-state index in [4.69, 9.17) is 0 Å². The zero-order valence-corrected chi connectivity index (χ0v) is 10.3. The topological polar surface area (TPSA) is 15.3 Å². The van der Waals surface area contributed by atoms with Crippen LogP contribution >= 0.6 is 0 Å². The van der Waals surface area contributed by atoms with Crippen LogP contribution in [0, 0.1) is 0 Å². The molecule has 0 aliphatic carbocycles. The van der Waals surface area contributed by atoms with Crippen LogP contribution in [0.3, 0.4) is 0 Å². The van der Waals surface area contributed by atoms with E-state index in [2.05, 4.69) is 24.2 Å². The second kappa shape index (κ2) is 5.31. The van der Waals surface area contributed by atoms with Crippen LogP contribution in [0.15, 0.2) is 0 Å². The predicted octanol–water partition coefficient (Wildman–Crippen LogP) is 2.39. The van der Waals surface area contributed by atoms with Crippen molar-refractivity contribution >= 4 is 0 Å². The van der Waals surface area contributed by atoms with Gasteiger partial charge >= 0.3 is 0 Å². The summed E-state index contributed by atoms with van der Waals surface area (Å²) in [5.74, 6) is 0. The smallest absolute Gasteiger partial charge is 0.0122 e. The summed E-state index contributed by atoms with van der Waals surface area (Å²) >= 11 is 0. The third-order valence-corrected chi connectivity index (χ3v) is 4.19. The van der Waals surface area contributed by atoms with Crippen molar-refractivity contribution in [2.24, 2.45) is 0 Å². The summed E-state index contributed by atoms with van der Waals surface area (Å²) in [4.78, 5) is 2.61. The Labute approximate surface area is 94.4 Å². The normalized spacial score (nSPS) is 35.0. The Balaban J connectivity index is 1.73. The second-order valence-electron chi connectivity index (χ2n) is 5.45. The summed E-state index contributed by atoms with van der Waals surface area (Å²) in [6.45, 7) is 3.59. The van der Waals surface area contributed by atoms with Crippen LogP contribution in [0.25, 0.3) is 0 Å². The molecule has 2 aliphatic rings. The molecular formula is C13H26N2. The monoisotopic (exact) mass is 210 g/mol. The molecule has 2 aliphatic heterocycles. The van der Waals surface area contributed by atoms with Crippen molar-refractivity contribution in [3.05, 3.63) is 0 Å². The molecule has 2 heterocycles. The Kier molecular flexibility index (Phi) is 4.04. The Morgan fingerprint density at radius 2 is 1.80 bits per heavy atom. The lowest BCUT2D eigenvalue weighted by molar-refractivity contribution is 0.170. The number of nitrogens with zero attached hydrogens (tertiary/aromatic N) is 1. The van der Waals surface area contributed by atoms with Crippen LogP contribution in [0.4, 0.5) is 0 Å². The fraction of sp³-hybridized carbons (Fsp3) is 1.00. The summed E-state index contributed by atoms with van der Waals surface area (Å²) in [5.41, 5.74) is 0. The van der Waals surface area contributed by atoms with Crippen LogP contribution < -0.4 is 5.32 Å². The summed E-state index contributed by atoms with van der Waals surface area (Å²) in [5, 5.41) is 3.72. The lowest BCUT2D eigenvalue weighted by atomic mass is 9.98. The number of piperidine rings is 1. The zero-order chi connectivity index (χ0) is 10.7. The molecule has 0 aromatic rings. The van der Waals surface area contributed by atoms with Gasteiger partial charge in [-0.1, -0.05) is 19.8 Å². The van der Waals surface area contributed by atoms with Gasteiger partial charge in [-0.25, -0.2) is 0 Å². The Morgan fingerprint density at radius 3 is 2.40 bits per heavy atom. The quantitative estimate of drug-likeness (QED) is 0.701. The predicted molar refractivity (Wildman–Crippen MR) is 65.1 cm³/mol. The van der Waals surface area contributed by atoms with Crippen molar-refractivity contribution in [3.63, 3.8) is 0 Å². The number of nitrogens with one attached hydrogen (secondary N) is 1. The molecule has 2 bridgehead atoms. The maximum absolute atomic E-state index is 3.72. The van der Waals surface area contributed by atoms with Crippen molar-refractivity contribution in [1.82, 2.24) is 10.2 Å². The van der Waals surface area contributed by atoms with E-state index in [1.54, 1.807) is 0 Å². The van der Waals surface area contributed by atoms with E-state index in [0.29, 0.717) is 0 Å². The number of hydrogen-bond donors (Lipinski definition) is 1. The zero-order valence-electron chi connectivity index (χ0n) is 10.3. The third kappa shape index (κ3) is 2.94. The molecule has 0 amide bonds. The lowest BCUT2D eigenvalue weighted by Gasteiger charge is -2.35. The molecule has 15 heavy (non-hydrogen) atoms. The minimum Gasteiger partial charge on any atom is -0.311 e. The van der Waals surface area contributed by atoms with Gasteiger partial charge in [0, 0.05) is 18.1 Å². The first kappa shape index (κ1) is 11.4. The highest BCUT2D eigenvalue weighted by Crippen LogP contribution is 2.29. The van der Waals surface area contributed by atoms with Crippen LogP contribution in [0.1, 0.15) is 51.9 Å². The molecule has 2 saturated heterocycles. The molecule has 2 fully saturated rings. The van der Waals surface area contributed by atoms with E-state index in [1.165, 1.54) is 51.5 Å². The minimum atomic E-state index is 0.836. The molecule has 2 unspecified atom stereocenters. The Morgan fingerprint density at radius 1 is 1.13 bits per heavy atom. The summed E-state index contributed by atoms with van der Waals surface area (Å²) < 4.78 is 0. The maximum atomic E-state index is 3.72. The van der Waals surface area contributed by atoms with E-state index in [-0.39, 0.29) is 0 Å². The summed E-state index contributed by atoms with van der Waals surface area (Å²) in [6, 6.07) is 2.53. The molecule has 0 aromatic heterocycles. The number of hydrogen-bond acceptors (Lipinski definition) is 2.